The van der Waals surface area contributed by atoms with Crippen molar-refractivity contribution in [3.63, 3.8) is 0 Å². The van der Waals surface area contributed by atoms with Crippen LogP contribution in [0.5, 0.6) is 0 Å². The molecule has 1 atom stereocenters. The van der Waals surface area contributed by atoms with Gasteiger partial charge in [-0.3, -0.25) is 14.3 Å². The smallest absolute Gasteiger partial charge is 0.295 e. The molecule has 1 aromatic carbocycles. The molecule has 0 aliphatic carbocycles. The van der Waals surface area contributed by atoms with E-state index in [4.69, 9.17) is 8.83 Å². The Bertz CT molecular complexity index is 1220. The number of carbonyl (C=O) groups excluding carboxylic acids is 1. The molecular weight excluding hydrogens is 406 g/mol. The van der Waals surface area contributed by atoms with Crippen molar-refractivity contribution in [3.8, 4) is 17.3 Å². The third kappa shape index (κ3) is 3.69. The zero-order valence-corrected chi connectivity index (χ0v) is 17.3. The van der Waals surface area contributed by atoms with E-state index >= 15 is 0 Å². The van der Waals surface area contributed by atoms with Gasteiger partial charge >= 0.3 is 0 Å². The zero-order valence-electron chi connectivity index (χ0n) is 16.5. The molecule has 0 saturated heterocycles. The standard InChI is InChI=1S/C20H19N5O4S/c1-12-16(19(27)25(24(12)3)14-8-5-4-6-9-14)21-17(26)13(2)30-20-23-22-18(29-20)15-10-7-11-28-15/h4-11,13H,1-3H3,(H,21,26)/t13-/m1/s1. The minimum Gasteiger partial charge on any atom is -0.459 e. The molecule has 0 spiro atoms. The van der Waals surface area contributed by atoms with Crippen molar-refractivity contribution in [2.24, 2.45) is 7.05 Å². The Morgan fingerprint density at radius 2 is 1.93 bits per heavy atom. The first-order valence-corrected chi connectivity index (χ1v) is 10.0. The first kappa shape index (κ1) is 19.8. The summed E-state index contributed by atoms with van der Waals surface area (Å²) >= 11 is 1.10. The maximum atomic E-state index is 12.9. The monoisotopic (exact) mass is 425 g/mol. The van der Waals surface area contributed by atoms with E-state index in [1.807, 2.05) is 30.3 Å². The molecule has 0 fully saturated rings. The van der Waals surface area contributed by atoms with Gasteiger partial charge in [-0.25, -0.2) is 4.68 Å². The number of para-hydroxylation sites is 1. The lowest BCUT2D eigenvalue weighted by Gasteiger charge is -2.08. The summed E-state index contributed by atoms with van der Waals surface area (Å²) in [5.41, 5.74) is 1.30. The van der Waals surface area contributed by atoms with Gasteiger partial charge in [0.05, 0.1) is 22.9 Å². The lowest BCUT2D eigenvalue weighted by molar-refractivity contribution is -0.115. The van der Waals surface area contributed by atoms with Gasteiger partial charge in [-0.1, -0.05) is 30.0 Å². The van der Waals surface area contributed by atoms with Gasteiger partial charge in [0, 0.05) is 7.05 Å². The fourth-order valence-corrected chi connectivity index (χ4v) is 3.58. The SMILES string of the molecule is Cc1c(NC(=O)[C@@H](C)Sc2nnc(-c3ccco3)o2)c(=O)n(-c2ccccc2)n1C. The van der Waals surface area contributed by atoms with Crippen LogP contribution in [0.1, 0.15) is 12.6 Å². The van der Waals surface area contributed by atoms with E-state index in [-0.39, 0.29) is 28.3 Å². The average molecular weight is 425 g/mol. The van der Waals surface area contributed by atoms with Crippen LogP contribution in [0.15, 0.2) is 67.6 Å². The summed E-state index contributed by atoms with van der Waals surface area (Å²) in [5.74, 6) is 0.344. The predicted octanol–water partition coefficient (Wildman–Crippen LogP) is 3.25. The maximum Gasteiger partial charge on any atom is 0.295 e. The summed E-state index contributed by atoms with van der Waals surface area (Å²) in [5, 5.41) is 10.2. The van der Waals surface area contributed by atoms with Crippen LogP contribution in [0.2, 0.25) is 0 Å². The fraction of sp³-hybridized carbons (Fsp3) is 0.200. The highest BCUT2D eigenvalue weighted by atomic mass is 32.2. The number of hydrogen-bond acceptors (Lipinski definition) is 7. The highest BCUT2D eigenvalue weighted by Gasteiger charge is 2.23. The predicted molar refractivity (Wildman–Crippen MR) is 112 cm³/mol. The van der Waals surface area contributed by atoms with E-state index in [2.05, 4.69) is 15.5 Å². The molecule has 1 amide bonds. The Morgan fingerprint density at radius 1 is 1.17 bits per heavy atom. The Kier molecular flexibility index (Phi) is 5.32. The number of nitrogens with one attached hydrogen (secondary N) is 1. The second kappa shape index (κ2) is 8.07. The summed E-state index contributed by atoms with van der Waals surface area (Å²) in [4.78, 5) is 25.6. The summed E-state index contributed by atoms with van der Waals surface area (Å²) < 4.78 is 14.0. The molecule has 0 saturated carbocycles. The number of anilines is 1. The molecule has 0 unspecified atom stereocenters. The molecule has 0 aliphatic rings. The van der Waals surface area contributed by atoms with Crippen LogP contribution in [-0.4, -0.2) is 30.7 Å². The quantitative estimate of drug-likeness (QED) is 0.472. The zero-order chi connectivity index (χ0) is 21.3. The third-order valence-electron chi connectivity index (χ3n) is 4.59. The van der Waals surface area contributed by atoms with Gasteiger partial charge in [0.15, 0.2) is 5.76 Å². The maximum absolute atomic E-state index is 12.9. The van der Waals surface area contributed by atoms with E-state index in [0.29, 0.717) is 17.1 Å². The van der Waals surface area contributed by atoms with Crippen molar-refractivity contribution in [3.05, 3.63) is 64.8 Å². The summed E-state index contributed by atoms with van der Waals surface area (Å²) in [6.45, 7) is 3.48. The van der Waals surface area contributed by atoms with Crippen molar-refractivity contribution >= 4 is 23.4 Å². The van der Waals surface area contributed by atoms with Crippen LogP contribution < -0.4 is 10.9 Å². The number of thioether (sulfide) groups is 1. The minimum absolute atomic E-state index is 0.232. The van der Waals surface area contributed by atoms with Gasteiger partial charge in [0.2, 0.25) is 5.91 Å². The number of benzene rings is 1. The number of furan rings is 1. The number of carbonyl (C=O) groups is 1. The Labute approximate surface area is 175 Å². The van der Waals surface area contributed by atoms with Crippen LogP contribution in [-0.2, 0) is 11.8 Å². The molecule has 0 bridgehead atoms. The third-order valence-corrected chi connectivity index (χ3v) is 5.52. The van der Waals surface area contributed by atoms with Crippen molar-refractivity contribution in [1.29, 1.82) is 0 Å². The van der Waals surface area contributed by atoms with Gasteiger partial charge in [0.1, 0.15) is 5.69 Å². The molecule has 0 radical (unpaired) electrons. The number of hydrogen-bond donors (Lipinski definition) is 1. The minimum atomic E-state index is -0.570. The lowest BCUT2D eigenvalue weighted by atomic mass is 10.3. The van der Waals surface area contributed by atoms with Crippen LogP contribution in [0, 0.1) is 6.92 Å². The highest BCUT2D eigenvalue weighted by Crippen LogP contribution is 2.27. The number of aromatic nitrogens is 4. The van der Waals surface area contributed by atoms with Gasteiger partial charge in [-0.15, -0.1) is 10.2 Å². The van der Waals surface area contributed by atoms with Crippen molar-refractivity contribution in [2.75, 3.05) is 5.32 Å². The molecule has 4 rings (SSSR count). The molecule has 10 heteroatoms. The molecule has 30 heavy (non-hydrogen) atoms. The summed E-state index contributed by atoms with van der Waals surface area (Å²) in [6.07, 6.45) is 1.51. The molecule has 9 nitrogen and oxygen atoms in total. The largest absolute Gasteiger partial charge is 0.459 e. The van der Waals surface area contributed by atoms with Crippen molar-refractivity contribution in [2.45, 2.75) is 24.3 Å². The van der Waals surface area contributed by atoms with E-state index in [1.54, 1.807) is 37.7 Å². The Hall–Kier alpha value is -3.53. The van der Waals surface area contributed by atoms with Gasteiger partial charge in [-0.05, 0) is 38.1 Å². The first-order valence-electron chi connectivity index (χ1n) is 9.14. The second-order valence-electron chi connectivity index (χ2n) is 6.54. The van der Waals surface area contributed by atoms with E-state index in [1.165, 1.54) is 10.9 Å². The molecular formula is C20H19N5O4S. The number of rotatable bonds is 6. The molecule has 0 aliphatic heterocycles. The molecule has 1 N–H and O–H groups in total. The van der Waals surface area contributed by atoms with Crippen LogP contribution >= 0.6 is 11.8 Å². The Morgan fingerprint density at radius 3 is 2.63 bits per heavy atom. The summed E-state index contributed by atoms with van der Waals surface area (Å²) in [6, 6.07) is 12.7. The topological polar surface area (TPSA) is 108 Å². The van der Waals surface area contributed by atoms with E-state index in [0.717, 1.165) is 11.8 Å². The highest BCUT2D eigenvalue weighted by molar-refractivity contribution is 8.00. The molecule has 3 heterocycles. The van der Waals surface area contributed by atoms with Gasteiger partial charge in [-0.2, -0.15) is 0 Å². The van der Waals surface area contributed by atoms with Gasteiger partial charge < -0.3 is 14.2 Å². The van der Waals surface area contributed by atoms with Crippen molar-refractivity contribution in [1.82, 2.24) is 19.6 Å². The van der Waals surface area contributed by atoms with Gasteiger partial charge in [0.25, 0.3) is 16.7 Å². The lowest BCUT2D eigenvalue weighted by Crippen LogP contribution is -2.27. The van der Waals surface area contributed by atoms with E-state index < -0.39 is 5.25 Å². The molecule has 154 valence electrons. The normalized spacial score (nSPS) is 12.1. The summed E-state index contributed by atoms with van der Waals surface area (Å²) in [7, 11) is 1.77. The first-order chi connectivity index (χ1) is 14.5. The Balaban J connectivity index is 1.51. The van der Waals surface area contributed by atoms with Crippen LogP contribution in [0.4, 0.5) is 5.69 Å². The second-order valence-corrected chi connectivity index (χ2v) is 7.83. The average Bonchev–Trinajstić information content (AvgIpc) is 3.47. The van der Waals surface area contributed by atoms with Crippen molar-refractivity contribution < 1.29 is 13.6 Å². The van der Waals surface area contributed by atoms with Crippen LogP contribution in [0.3, 0.4) is 0 Å². The number of nitrogens with zero attached hydrogens (tertiary/aromatic N) is 4. The van der Waals surface area contributed by atoms with E-state index in [9.17, 15) is 9.59 Å². The van der Waals surface area contributed by atoms with Crippen LogP contribution in [0.25, 0.3) is 17.3 Å². The number of amides is 1. The molecule has 3 aromatic heterocycles. The fourth-order valence-electron chi connectivity index (χ4n) is 2.90. The molecule has 4 aromatic rings.